The maximum absolute atomic E-state index is 12.2. The number of carbonyl (C=O) groups is 2. The molecule has 2 heterocycles. The number of para-hydroxylation sites is 1. The number of benzene rings is 1. The third kappa shape index (κ3) is 4.01. The van der Waals surface area contributed by atoms with E-state index in [1.54, 1.807) is 12.5 Å². The normalized spacial score (nSPS) is 17.7. The van der Waals surface area contributed by atoms with Crippen molar-refractivity contribution in [2.45, 2.75) is 38.8 Å². The molecule has 1 aromatic heterocycles. The van der Waals surface area contributed by atoms with Gasteiger partial charge < -0.3 is 15.2 Å². The minimum Gasteiger partial charge on any atom is -0.352 e. The van der Waals surface area contributed by atoms with Gasteiger partial charge >= 0.3 is 0 Å². The van der Waals surface area contributed by atoms with Crippen molar-refractivity contribution in [2.75, 3.05) is 5.32 Å². The van der Waals surface area contributed by atoms with Gasteiger partial charge in [0.05, 0.1) is 6.33 Å². The van der Waals surface area contributed by atoms with Crippen LogP contribution >= 0.6 is 0 Å². The Morgan fingerprint density at radius 2 is 2.29 bits per heavy atom. The van der Waals surface area contributed by atoms with Crippen LogP contribution in [-0.2, 0) is 22.6 Å². The monoisotopic (exact) mass is 326 g/mol. The van der Waals surface area contributed by atoms with Crippen LogP contribution in [0.25, 0.3) is 0 Å². The van der Waals surface area contributed by atoms with Gasteiger partial charge in [0, 0.05) is 43.0 Å². The summed E-state index contributed by atoms with van der Waals surface area (Å²) in [5.74, 6) is -0.156. The van der Waals surface area contributed by atoms with Gasteiger partial charge in [-0.05, 0) is 31.4 Å². The van der Waals surface area contributed by atoms with E-state index in [1.807, 2.05) is 42.0 Å². The Labute approximate surface area is 141 Å². The standard InChI is InChI=1S/C18H22N4O2/c1-13(11-22-9-8-19-12-22)20-17(23)7-6-15-10-14-4-2-3-5-16(14)21-18(15)24/h2-5,8-9,12-13,15H,6-7,10-11H2,1H3,(H,20,23)(H,21,24)/t13-,15-/m0/s1. The highest BCUT2D eigenvalue weighted by atomic mass is 16.2. The van der Waals surface area contributed by atoms with Crippen molar-refractivity contribution >= 4 is 17.5 Å². The summed E-state index contributed by atoms with van der Waals surface area (Å²) in [7, 11) is 0. The fraction of sp³-hybridized carbons (Fsp3) is 0.389. The number of carbonyl (C=O) groups excluding carboxylic acids is 2. The minimum absolute atomic E-state index is 0.00737. The van der Waals surface area contributed by atoms with E-state index in [0.29, 0.717) is 25.8 Å². The summed E-state index contributed by atoms with van der Waals surface area (Å²) in [6, 6.07) is 7.84. The van der Waals surface area contributed by atoms with Gasteiger partial charge in [-0.25, -0.2) is 4.98 Å². The Kier molecular flexibility index (Phi) is 4.93. The number of nitrogens with zero attached hydrogens (tertiary/aromatic N) is 2. The zero-order valence-corrected chi connectivity index (χ0v) is 13.7. The number of hydrogen-bond donors (Lipinski definition) is 2. The lowest BCUT2D eigenvalue weighted by molar-refractivity contribution is -0.123. The molecule has 3 rings (SSSR count). The first-order valence-corrected chi connectivity index (χ1v) is 8.25. The van der Waals surface area contributed by atoms with E-state index in [4.69, 9.17) is 0 Å². The molecule has 0 saturated heterocycles. The molecule has 0 aliphatic carbocycles. The van der Waals surface area contributed by atoms with E-state index >= 15 is 0 Å². The van der Waals surface area contributed by atoms with E-state index in [0.717, 1.165) is 11.3 Å². The molecular weight excluding hydrogens is 304 g/mol. The summed E-state index contributed by atoms with van der Waals surface area (Å²) in [5, 5.41) is 5.90. The van der Waals surface area contributed by atoms with E-state index in [9.17, 15) is 9.59 Å². The smallest absolute Gasteiger partial charge is 0.227 e. The van der Waals surface area contributed by atoms with Gasteiger partial charge in [-0.15, -0.1) is 0 Å². The number of imidazole rings is 1. The first kappa shape index (κ1) is 16.2. The van der Waals surface area contributed by atoms with Crippen LogP contribution in [0.4, 0.5) is 5.69 Å². The lowest BCUT2D eigenvalue weighted by Gasteiger charge is -2.24. The summed E-state index contributed by atoms with van der Waals surface area (Å²) < 4.78 is 1.93. The van der Waals surface area contributed by atoms with E-state index < -0.39 is 0 Å². The number of rotatable bonds is 6. The third-order valence-electron chi connectivity index (χ3n) is 4.28. The molecule has 1 aromatic carbocycles. The van der Waals surface area contributed by atoms with Gasteiger partial charge in [0.25, 0.3) is 0 Å². The Hall–Kier alpha value is -2.63. The largest absolute Gasteiger partial charge is 0.352 e. The average Bonchev–Trinajstić information content (AvgIpc) is 3.05. The second kappa shape index (κ2) is 7.29. The van der Waals surface area contributed by atoms with Crippen LogP contribution < -0.4 is 10.6 Å². The second-order valence-corrected chi connectivity index (χ2v) is 6.31. The Morgan fingerprint density at radius 1 is 1.46 bits per heavy atom. The average molecular weight is 326 g/mol. The molecule has 2 N–H and O–H groups in total. The van der Waals surface area contributed by atoms with Crippen molar-refractivity contribution in [3.05, 3.63) is 48.5 Å². The zero-order valence-electron chi connectivity index (χ0n) is 13.7. The molecule has 0 radical (unpaired) electrons. The number of aromatic nitrogens is 2. The molecule has 126 valence electrons. The van der Waals surface area contributed by atoms with E-state index in [1.165, 1.54) is 0 Å². The molecule has 2 amide bonds. The molecule has 6 heteroatoms. The number of amides is 2. The molecule has 0 fully saturated rings. The minimum atomic E-state index is -0.144. The zero-order chi connectivity index (χ0) is 16.9. The van der Waals surface area contributed by atoms with E-state index in [2.05, 4.69) is 15.6 Å². The molecule has 0 saturated carbocycles. The first-order chi connectivity index (χ1) is 11.6. The molecule has 0 bridgehead atoms. The molecule has 0 spiro atoms. The number of hydrogen-bond acceptors (Lipinski definition) is 3. The van der Waals surface area contributed by atoms with Gasteiger partial charge in [0.2, 0.25) is 11.8 Å². The molecule has 2 aromatic rings. The van der Waals surface area contributed by atoms with Gasteiger partial charge in [-0.2, -0.15) is 0 Å². The van der Waals surface area contributed by atoms with Crippen molar-refractivity contribution in [1.29, 1.82) is 0 Å². The Morgan fingerprint density at radius 3 is 3.08 bits per heavy atom. The van der Waals surface area contributed by atoms with Crippen LogP contribution in [0.2, 0.25) is 0 Å². The van der Waals surface area contributed by atoms with Gasteiger partial charge in [-0.3, -0.25) is 9.59 Å². The number of nitrogens with one attached hydrogen (secondary N) is 2. The summed E-state index contributed by atoms with van der Waals surface area (Å²) in [6.45, 7) is 2.64. The lowest BCUT2D eigenvalue weighted by atomic mass is 9.89. The maximum atomic E-state index is 12.2. The SMILES string of the molecule is C[C@@H](Cn1ccnc1)NC(=O)CC[C@H]1Cc2ccccc2NC1=O. The second-order valence-electron chi connectivity index (χ2n) is 6.31. The van der Waals surface area contributed by atoms with Crippen LogP contribution in [0.3, 0.4) is 0 Å². The van der Waals surface area contributed by atoms with Gasteiger partial charge in [-0.1, -0.05) is 18.2 Å². The quantitative estimate of drug-likeness (QED) is 0.852. The van der Waals surface area contributed by atoms with Crippen LogP contribution in [0.15, 0.2) is 43.0 Å². The molecule has 1 aliphatic rings. The summed E-state index contributed by atoms with van der Waals surface area (Å²) in [4.78, 5) is 28.2. The van der Waals surface area contributed by atoms with E-state index in [-0.39, 0.29) is 23.8 Å². The fourth-order valence-corrected chi connectivity index (χ4v) is 3.06. The highest BCUT2D eigenvalue weighted by molar-refractivity contribution is 5.96. The van der Waals surface area contributed by atoms with Gasteiger partial charge in [0.1, 0.15) is 0 Å². The molecular formula is C18H22N4O2. The summed E-state index contributed by atoms with van der Waals surface area (Å²) >= 11 is 0. The number of anilines is 1. The Bertz CT molecular complexity index is 712. The van der Waals surface area contributed by atoms with Crippen LogP contribution in [0, 0.1) is 5.92 Å². The maximum Gasteiger partial charge on any atom is 0.227 e. The predicted octanol–water partition coefficient (Wildman–Crippen LogP) is 1.98. The van der Waals surface area contributed by atoms with Crippen molar-refractivity contribution < 1.29 is 9.59 Å². The molecule has 2 atom stereocenters. The summed E-state index contributed by atoms with van der Waals surface area (Å²) in [6.07, 6.45) is 6.92. The number of fused-ring (bicyclic) bond motifs is 1. The fourth-order valence-electron chi connectivity index (χ4n) is 3.06. The highest BCUT2D eigenvalue weighted by Crippen LogP contribution is 2.27. The van der Waals surface area contributed by atoms with Crippen LogP contribution in [-0.4, -0.2) is 27.4 Å². The molecule has 24 heavy (non-hydrogen) atoms. The van der Waals surface area contributed by atoms with Crippen molar-refractivity contribution in [1.82, 2.24) is 14.9 Å². The highest BCUT2D eigenvalue weighted by Gasteiger charge is 2.26. The molecule has 1 aliphatic heterocycles. The van der Waals surface area contributed by atoms with Crippen LogP contribution in [0.1, 0.15) is 25.3 Å². The molecule has 6 nitrogen and oxygen atoms in total. The van der Waals surface area contributed by atoms with Crippen molar-refractivity contribution in [2.24, 2.45) is 5.92 Å². The summed E-state index contributed by atoms with van der Waals surface area (Å²) in [5.41, 5.74) is 2.02. The van der Waals surface area contributed by atoms with Crippen molar-refractivity contribution in [3.8, 4) is 0 Å². The van der Waals surface area contributed by atoms with Crippen LogP contribution in [0.5, 0.6) is 0 Å². The lowest BCUT2D eigenvalue weighted by Crippen LogP contribution is -2.36. The Balaban J connectivity index is 1.47. The van der Waals surface area contributed by atoms with Gasteiger partial charge in [0.15, 0.2) is 0 Å². The predicted molar refractivity (Wildman–Crippen MR) is 91.3 cm³/mol. The van der Waals surface area contributed by atoms with Crippen molar-refractivity contribution in [3.63, 3.8) is 0 Å². The third-order valence-corrected chi connectivity index (χ3v) is 4.28. The molecule has 0 unspecified atom stereocenters. The topological polar surface area (TPSA) is 76.0 Å². The first-order valence-electron chi connectivity index (χ1n) is 8.25.